The van der Waals surface area contributed by atoms with E-state index in [2.05, 4.69) is 22.5 Å². The van der Waals surface area contributed by atoms with Crippen LogP contribution < -0.4 is 10.6 Å². The fraction of sp³-hybridized carbons (Fsp3) is 0.714. The van der Waals surface area contributed by atoms with Crippen LogP contribution in [0.2, 0.25) is 0 Å². The number of hydrogen-bond acceptors (Lipinski definition) is 5. The first kappa shape index (κ1) is 15.4. The maximum absolute atomic E-state index is 12.3. The van der Waals surface area contributed by atoms with Gasteiger partial charge in [-0.3, -0.25) is 4.79 Å². The minimum Gasteiger partial charge on any atom is -0.368 e. The van der Waals surface area contributed by atoms with E-state index in [0.29, 0.717) is 6.54 Å². The molecule has 2 rings (SSSR count). The average Bonchev–Trinajstić information content (AvgIpc) is 2.95. The van der Waals surface area contributed by atoms with Gasteiger partial charge in [-0.15, -0.1) is 11.3 Å². The van der Waals surface area contributed by atoms with Gasteiger partial charge in [0.15, 0.2) is 0 Å². The van der Waals surface area contributed by atoms with Gasteiger partial charge in [-0.05, 0) is 32.4 Å². The molecule has 5 nitrogen and oxygen atoms in total. The normalized spacial score (nSPS) is 17.9. The van der Waals surface area contributed by atoms with Gasteiger partial charge in [0.1, 0.15) is 5.60 Å². The van der Waals surface area contributed by atoms with E-state index in [9.17, 15) is 4.79 Å². The molecule has 0 bridgehead atoms. The Morgan fingerprint density at radius 2 is 2.30 bits per heavy atom. The first-order valence-electron chi connectivity index (χ1n) is 7.18. The van der Waals surface area contributed by atoms with Gasteiger partial charge in [-0.1, -0.05) is 6.92 Å². The summed E-state index contributed by atoms with van der Waals surface area (Å²) in [5.41, 5.74) is -0.650. The lowest BCUT2D eigenvalue weighted by molar-refractivity contribution is -0.146. The van der Waals surface area contributed by atoms with Crippen LogP contribution >= 0.6 is 11.3 Å². The molecule has 0 spiro atoms. The molecule has 1 aromatic rings. The fourth-order valence-electron chi connectivity index (χ4n) is 2.43. The number of methoxy groups -OCH3 is 1. The highest BCUT2D eigenvalue weighted by Gasteiger charge is 2.39. The van der Waals surface area contributed by atoms with Crippen LogP contribution in [0.1, 0.15) is 29.7 Å². The number of carbonyl (C=O) groups excluding carboxylic acids is 1. The van der Waals surface area contributed by atoms with Crippen molar-refractivity contribution in [1.29, 1.82) is 0 Å². The average molecular weight is 297 g/mol. The van der Waals surface area contributed by atoms with Crippen LogP contribution in [0.25, 0.3) is 0 Å². The lowest BCUT2D eigenvalue weighted by Crippen LogP contribution is -2.54. The molecule has 0 atom stereocenters. The molecule has 1 amide bonds. The van der Waals surface area contributed by atoms with Crippen molar-refractivity contribution in [1.82, 2.24) is 15.6 Å². The second kappa shape index (κ2) is 7.15. The molecule has 112 valence electrons. The molecular weight excluding hydrogens is 274 g/mol. The molecule has 0 radical (unpaired) electrons. The zero-order chi connectivity index (χ0) is 14.4. The monoisotopic (exact) mass is 297 g/mol. The van der Waals surface area contributed by atoms with E-state index in [1.165, 1.54) is 4.88 Å². The Morgan fingerprint density at radius 1 is 1.55 bits per heavy atom. The molecule has 0 unspecified atom stereocenters. The Hall–Kier alpha value is -0.980. The van der Waals surface area contributed by atoms with Crippen molar-refractivity contribution < 1.29 is 9.53 Å². The number of amides is 1. The molecule has 1 aliphatic heterocycles. The summed E-state index contributed by atoms with van der Waals surface area (Å²) < 4.78 is 5.50. The molecule has 1 aliphatic rings. The van der Waals surface area contributed by atoms with E-state index in [1.807, 2.05) is 6.20 Å². The van der Waals surface area contributed by atoms with Gasteiger partial charge >= 0.3 is 0 Å². The maximum atomic E-state index is 12.3. The number of thiazole rings is 1. The van der Waals surface area contributed by atoms with Crippen molar-refractivity contribution in [2.75, 3.05) is 26.7 Å². The Balaban J connectivity index is 1.81. The molecule has 2 heterocycles. The summed E-state index contributed by atoms with van der Waals surface area (Å²) >= 11 is 1.72. The van der Waals surface area contributed by atoms with Gasteiger partial charge in [0.05, 0.1) is 5.01 Å². The van der Waals surface area contributed by atoms with E-state index < -0.39 is 5.60 Å². The van der Waals surface area contributed by atoms with Crippen LogP contribution in [0.5, 0.6) is 0 Å². The lowest BCUT2D eigenvalue weighted by atomic mass is 9.91. The van der Waals surface area contributed by atoms with Crippen LogP contribution in [-0.4, -0.2) is 43.2 Å². The van der Waals surface area contributed by atoms with E-state index in [1.54, 1.807) is 18.4 Å². The van der Waals surface area contributed by atoms with Crippen LogP contribution in [0.3, 0.4) is 0 Å². The lowest BCUT2D eigenvalue weighted by Gasteiger charge is -2.34. The minimum atomic E-state index is -0.650. The predicted molar refractivity (Wildman–Crippen MR) is 80.0 cm³/mol. The van der Waals surface area contributed by atoms with Crippen molar-refractivity contribution in [2.24, 2.45) is 0 Å². The largest absolute Gasteiger partial charge is 0.368 e. The Kier molecular flexibility index (Phi) is 5.51. The summed E-state index contributed by atoms with van der Waals surface area (Å²) in [7, 11) is 1.62. The van der Waals surface area contributed by atoms with Gasteiger partial charge in [0.2, 0.25) is 0 Å². The van der Waals surface area contributed by atoms with Crippen molar-refractivity contribution in [3.63, 3.8) is 0 Å². The second-order valence-corrected chi connectivity index (χ2v) is 6.23. The summed E-state index contributed by atoms with van der Waals surface area (Å²) in [5.74, 6) is 0.00812. The van der Waals surface area contributed by atoms with Crippen LogP contribution in [0, 0.1) is 0 Å². The Labute approximate surface area is 124 Å². The van der Waals surface area contributed by atoms with Crippen LogP contribution in [-0.2, 0) is 22.4 Å². The number of nitrogens with zero attached hydrogens (tertiary/aromatic N) is 1. The minimum absolute atomic E-state index is 0.00812. The number of nitrogens with one attached hydrogen (secondary N) is 2. The molecule has 1 fully saturated rings. The summed E-state index contributed by atoms with van der Waals surface area (Å²) in [6, 6.07) is 0. The van der Waals surface area contributed by atoms with Crippen molar-refractivity contribution >= 4 is 17.2 Å². The Morgan fingerprint density at radius 3 is 2.90 bits per heavy atom. The first-order chi connectivity index (χ1) is 9.70. The smallest absolute Gasteiger partial charge is 0.252 e. The molecular formula is C14H23N3O2S. The number of rotatable bonds is 6. The molecule has 20 heavy (non-hydrogen) atoms. The maximum Gasteiger partial charge on any atom is 0.252 e. The van der Waals surface area contributed by atoms with Gasteiger partial charge in [0, 0.05) is 31.1 Å². The van der Waals surface area contributed by atoms with E-state index in [4.69, 9.17) is 4.74 Å². The highest BCUT2D eigenvalue weighted by molar-refractivity contribution is 7.11. The second-order valence-electron chi connectivity index (χ2n) is 5.03. The van der Waals surface area contributed by atoms with E-state index in [-0.39, 0.29) is 5.91 Å². The van der Waals surface area contributed by atoms with Gasteiger partial charge in [0.25, 0.3) is 5.91 Å². The molecule has 0 aliphatic carbocycles. The van der Waals surface area contributed by atoms with Gasteiger partial charge in [-0.2, -0.15) is 0 Å². The molecule has 0 saturated carbocycles. The van der Waals surface area contributed by atoms with Gasteiger partial charge in [-0.25, -0.2) is 4.98 Å². The molecule has 1 aromatic heterocycles. The first-order valence-corrected chi connectivity index (χ1v) is 7.99. The van der Waals surface area contributed by atoms with Crippen LogP contribution in [0.4, 0.5) is 0 Å². The number of hydrogen-bond donors (Lipinski definition) is 2. The zero-order valence-corrected chi connectivity index (χ0v) is 13.0. The van der Waals surface area contributed by atoms with Crippen molar-refractivity contribution in [3.8, 4) is 0 Å². The molecule has 2 N–H and O–H groups in total. The summed E-state index contributed by atoms with van der Waals surface area (Å²) in [6.45, 7) is 4.40. The predicted octanol–water partition coefficient (Wildman–Crippen LogP) is 1.13. The van der Waals surface area contributed by atoms with Crippen molar-refractivity contribution in [2.45, 2.75) is 38.2 Å². The quantitative estimate of drug-likeness (QED) is 0.826. The topological polar surface area (TPSA) is 63.2 Å². The van der Waals surface area contributed by atoms with E-state index >= 15 is 0 Å². The molecule has 6 heteroatoms. The Bertz CT molecular complexity index is 441. The summed E-state index contributed by atoms with van der Waals surface area (Å²) in [6.07, 6.45) is 5.18. The number of aromatic nitrogens is 1. The molecule has 0 aromatic carbocycles. The summed E-state index contributed by atoms with van der Waals surface area (Å²) in [4.78, 5) is 18.0. The van der Waals surface area contributed by atoms with Gasteiger partial charge < -0.3 is 15.4 Å². The fourth-order valence-corrected chi connectivity index (χ4v) is 3.29. The zero-order valence-electron chi connectivity index (χ0n) is 12.2. The number of aryl methyl sites for hydroxylation is 1. The number of carbonyl (C=O) groups is 1. The SMILES string of the molecule is CCc1cnc(CCNC(=O)C2(OC)CCNCC2)s1. The third-order valence-electron chi connectivity index (χ3n) is 3.79. The van der Waals surface area contributed by atoms with Crippen LogP contribution in [0.15, 0.2) is 6.20 Å². The summed E-state index contributed by atoms with van der Waals surface area (Å²) in [5, 5.41) is 7.33. The standard InChI is InChI=1S/C14H23N3O2S/c1-3-11-10-17-12(20-11)4-7-16-13(18)14(19-2)5-8-15-9-6-14/h10,15H,3-9H2,1-2H3,(H,16,18). The number of piperidine rings is 1. The highest BCUT2D eigenvalue weighted by atomic mass is 32.1. The third-order valence-corrected chi connectivity index (χ3v) is 4.99. The van der Waals surface area contributed by atoms with Crippen molar-refractivity contribution in [3.05, 3.63) is 16.1 Å². The van der Waals surface area contributed by atoms with E-state index in [0.717, 1.165) is 43.8 Å². The molecule has 1 saturated heterocycles. The number of ether oxygens (including phenoxy) is 1. The third kappa shape index (κ3) is 3.56. The highest BCUT2D eigenvalue weighted by Crippen LogP contribution is 2.22.